The molecule has 0 saturated heterocycles. The molecule has 0 aliphatic carbocycles. The number of nitro benzene ring substituents is 1. The normalized spacial score (nSPS) is 11.2. The SMILES string of the molecule is Cc1cc(N(C)CCN(C)C)c([N+](=O)[O-])cc1Nc1nccc(-c2cn(CC(N)=O)c3ccccc23)n1. The van der Waals surface area contributed by atoms with Crippen molar-refractivity contribution in [2.45, 2.75) is 13.5 Å². The highest BCUT2D eigenvalue weighted by molar-refractivity contribution is 5.96. The third kappa shape index (κ3) is 5.67. The van der Waals surface area contributed by atoms with Gasteiger partial charge in [0.1, 0.15) is 12.2 Å². The van der Waals surface area contributed by atoms with Crippen molar-refractivity contribution in [3.63, 3.8) is 0 Å². The first-order valence-electron chi connectivity index (χ1n) is 11.8. The minimum Gasteiger partial charge on any atom is -0.368 e. The first-order chi connectivity index (χ1) is 17.6. The molecular formula is C26H30N8O3. The fourth-order valence-corrected chi connectivity index (χ4v) is 4.18. The highest BCUT2D eigenvalue weighted by Crippen LogP contribution is 2.35. The van der Waals surface area contributed by atoms with Crippen LogP contribution in [0.4, 0.5) is 23.0 Å². The molecular weight excluding hydrogens is 472 g/mol. The Hall–Kier alpha value is -4.51. The van der Waals surface area contributed by atoms with Gasteiger partial charge in [0, 0.05) is 55.1 Å². The maximum Gasteiger partial charge on any atom is 0.294 e. The van der Waals surface area contributed by atoms with Gasteiger partial charge in [0.25, 0.3) is 5.69 Å². The Morgan fingerprint density at radius 1 is 1.16 bits per heavy atom. The van der Waals surface area contributed by atoms with Gasteiger partial charge in [0.15, 0.2) is 0 Å². The highest BCUT2D eigenvalue weighted by atomic mass is 16.6. The van der Waals surface area contributed by atoms with Crippen molar-refractivity contribution in [1.82, 2.24) is 19.4 Å². The number of amides is 1. The topological polar surface area (TPSA) is 135 Å². The second kappa shape index (κ2) is 10.6. The van der Waals surface area contributed by atoms with Crippen LogP contribution < -0.4 is 16.0 Å². The van der Waals surface area contributed by atoms with Crippen LogP contribution in [0.2, 0.25) is 0 Å². The molecule has 0 atom stereocenters. The Morgan fingerprint density at radius 3 is 2.62 bits per heavy atom. The van der Waals surface area contributed by atoms with E-state index in [2.05, 4.69) is 15.3 Å². The van der Waals surface area contributed by atoms with Crippen molar-refractivity contribution >= 4 is 39.8 Å². The van der Waals surface area contributed by atoms with Crippen molar-refractivity contribution < 1.29 is 9.72 Å². The number of nitrogens with zero attached hydrogens (tertiary/aromatic N) is 6. The molecule has 4 aromatic rings. The number of nitrogens with one attached hydrogen (secondary N) is 1. The van der Waals surface area contributed by atoms with Crippen LogP contribution in [-0.4, -0.2) is 64.5 Å². The van der Waals surface area contributed by atoms with E-state index in [0.717, 1.165) is 28.6 Å². The van der Waals surface area contributed by atoms with E-state index in [1.165, 1.54) is 6.07 Å². The number of benzene rings is 2. The lowest BCUT2D eigenvalue weighted by molar-refractivity contribution is -0.384. The summed E-state index contributed by atoms with van der Waals surface area (Å²) in [6, 6.07) is 12.8. The molecule has 2 aromatic heterocycles. The molecule has 4 rings (SSSR count). The largest absolute Gasteiger partial charge is 0.368 e. The second-order valence-corrected chi connectivity index (χ2v) is 9.18. The molecule has 11 nitrogen and oxygen atoms in total. The maximum absolute atomic E-state index is 11.9. The van der Waals surface area contributed by atoms with E-state index in [1.807, 2.05) is 68.3 Å². The minimum absolute atomic E-state index is 0.0000304. The zero-order chi connectivity index (χ0) is 26.7. The lowest BCUT2D eigenvalue weighted by Gasteiger charge is -2.22. The van der Waals surface area contributed by atoms with Crippen LogP contribution in [0.3, 0.4) is 0 Å². The Kier molecular flexibility index (Phi) is 7.35. The molecule has 1 amide bonds. The molecule has 0 aliphatic rings. The standard InChI is InChI=1S/C26H30N8O3/c1-17-13-23(32(4)12-11-31(2)3)24(34(36)37)14-21(17)30-26-28-10-9-20(29-26)19-15-33(16-25(27)35)22-8-6-5-7-18(19)22/h5-10,13-15H,11-12,16H2,1-4H3,(H2,27,35)(H,28,29,30). The summed E-state index contributed by atoms with van der Waals surface area (Å²) in [5.41, 5.74) is 9.68. The third-order valence-electron chi connectivity index (χ3n) is 6.10. The number of anilines is 3. The van der Waals surface area contributed by atoms with Gasteiger partial charge in [-0.2, -0.15) is 0 Å². The van der Waals surface area contributed by atoms with Gasteiger partial charge in [-0.25, -0.2) is 9.97 Å². The van der Waals surface area contributed by atoms with Gasteiger partial charge < -0.3 is 25.4 Å². The van der Waals surface area contributed by atoms with Gasteiger partial charge in [0.05, 0.1) is 16.3 Å². The van der Waals surface area contributed by atoms with Crippen molar-refractivity contribution in [2.75, 3.05) is 44.4 Å². The number of para-hydroxylation sites is 1. The Morgan fingerprint density at radius 2 is 1.92 bits per heavy atom. The van der Waals surface area contributed by atoms with Crippen LogP contribution in [-0.2, 0) is 11.3 Å². The Bertz CT molecular complexity index is 1460. The van der Waals surface area contributed by atoms with Gasteiger partial charge in [0.2, 0.25) is 11.9 Å². The molecule has 0 spiro atoms. The summed E-state index contributed by atoms with van der Waals surface area (Å²) < 4.78 is 1.79. The number of aryl methyl sites for hydroxylation is 1. The zero-order valence-corrected chi connectivity index (χ0v) is 21.3. The number of aromatic nitrogens is 3. The van der Waals surface area contributed by atoms with Gasteiger partial charge in [-0.1, -0.05) is 18.2 Å². The molecule has 37 heavy (non-hydrogen) atoms. The molecule has 0 unspecified atom stereocenters. The summed E-state index contributed by atoms with van der Waals surface area (Å²) in [6.45, 7) is 3.35. The molecule has 0 bridgehead atoms. The van der Waals surface area contributed by atoms with Gasteiger partial charge in [-0.05, 0) is 44.8 Å². The summed E-state index contributed by atoms with van der Waals surface area (Å²) in [6.07, 6.45) is 3.47. The second-order valence-electron chi connectivity index (χ2n) is 9.18. The molecule has 2 aromatic carbocycles. The molecule has 0 saturated carbocycles. The number of nitro groups is 1. The molecule has 0 fully saturated rings. The minimum atomic E-state index is -0.440. The summed E-state index contributed by atoms with van der Waals surface area (Å²) in [4.78, 5) is 36.0. The van der Waals surface area contributed by atoms with Crippen LogP contribution in [0.15, 0.2) is 54.9 Å². The molecule has 0 radical (unpaired) electrons. The summed E-state index contributed by atoms with van der Waals surface area (Å²) in [5.74, 6) is -0.138. The summed E-state index contributed by atoms with van der Waals surface area (Å²) in [7, 11) is 5.77. The summed E-state index contributed by atoms with van der Waals surface area (Å²) in [5, 5.41) is 16.0. The maximum atomic E-state index is 11.9. The Balaban J connectivity index is 1.68. The van der Waals surface area contributed by atoms with Crippen LogP contribution in [0, 0.1) is 17.0 Å². The monoisotopic (exact) mass is 502 g/mol. The average molecular weight is 503 g/mol. The number of primary amides is 1. The quantitative estimate of drug-likeness (QED) is 0.248. The zero-order valence-electron chi connectivity index (χ0n) is 21.3. The lowest BCUT2D eigenvalue weighted by atomic mass is 10.1. The van der Waals surface area contributed by atoms with Crippen LogP contribution >= 0.6 is 0 Å². The predicted octanol–water partition coefficient (Wildman–Crippen LogP) is 3.54. The number of nitrogens with two attached hydrogens (primary N) is 1. The Labute approximate surface area is 214 Å². The fourth-order valence-electron chi connectivity index (χ4n) is 4.18. The van der Waals surface area contributed by atoms with E-state index >= 15 is 0 Å². The molecule has 2 heterocycles. The molecule has 3 N–H and O–H groups in total. The lowest BCUT2D eigenvalue weighted by Crippen LogP contribution is -2.29. The predicted molar refractivity (Wildman–Crippen MR) is 145 cm³/mol. The number of carbonyl (C=O) groups excluding carboxylic acids is 1. The van der Waals surface area contributed by atoms with Crippen LogP contribution in [0.25, 0.3) is 22.2 Å². The number of fused-ring (bicyclic) bond motifs is 1. The van der Waals surface area contributed by atoms with Gasteiger partial charge >= 0.3 is 0 Å². The first kappa shape index (κ1) is 25.6. The van der Waals surface area contributed by atoms with Crippen LogP contribution in [0.1, 0.15) is 5.56 Å². The highest BCUT2D eigenvalue weighted by Gasteiger charge is 2.21. The third-order valence-corrected chi connectivity index (χ3v) is 6.10. The van der Waals surface area contributed by atoms with E-state index in [1.54, 1.807) is 22.9 Å². The van der Waals surface area contributed by atoms with E-state index in [9.17, 15) is 14.9 Å². The van der Waals surface area contributed by atoms with Gasteiger partial charge in [-0.15, -0.1) is 0 Å². The number of hydrogen-bond acceptors (Lipinski definition) is 8. The number of rotatable bonds is 10. The van der Waals surface area contributed by atoms with Gasteiger partial charge in [-0.3, -0.25) is 14.9 Å². The fraction of sp³-hybridized carbons (Fsp3) is 0.269. The van der Waals surface area contributed by atoms with Crippen molar-refractivity contribution in [3.8, 4) is 11.3 Å². The van der Waals surface area contributed by atoms with E-state index in [4.69, 9.17) is 5.73 Å². The van der Waals surface area contributed by atoms with E-state index in [-0.39, 0.29) is 17.2 Å². The molecule has 11 heteroatoms. The van der Waals surface area contributed by atoms with Crippen molar-refractivity contribution in [3.05, 3.63) is 70.5 Å². The van der Waals surface area contributed by atoms with E-state index in [0.29, 0.717) is 29.6 Å². The number of carbonyl (C=O) groups is 1. The smallest absolute Gasteiger partial charge is 0.294 e. The first-order valence-corrected chi connectivity index (χ1v) is 11.8. The molecule has 0 aliphatic heterocycles. The average Bonchev–Trinajstić information content (AvgIpc) is 3.21. The molecule has 192 valence electrons. The number of hydrogen-bond donors (Lipinski definition) is 2. The van der Waals surface area contributed by atoms with E-state index < -0.39 is 5.91 Å². The number of likely N-dealkylation sites (N-methyl/N-ethyl adjacent to an activating group) is 2. The van der Waals surface area contributed by atoms with Crippen LogP contribution in [0.5, 0.6) is 0 Å². The summed E-state index contributed by atoms with van der Waals surface area (Å²) >= 11 is 0. The van der Waals surface area contributed by atoms with Crippen molar-refractivity contribution in [2.24, 2.45) is 5.73 Å². The van der Waals surface area contributed by atoms with Crippen molar-refractivity contribution in [1.29, 1.82) is 0 Å².